The van der Waals surface area contributed by atoms with Crippen molar-refractivity contribution in [2.24, 2.45) is 0 Å². The van der Waals surface area contributed by atoms with Gasteiger partial charge in [0, 0.05) is 38.7 Å². The van der Waals surface area contributed by atoms with Gasteiger partial charge in [0.1, 0.15) is 16.5 Å². The van der Waals surface area contributed by atoms with Crippen LogP contribution in [0.1, 0.15) is 24.3 Å². The molecule has 4 heterocycles. The zero-order chi connectivity index (χ0) is 25.1. The fourth-order valence-corrected chi connectivity index (χ4v) is 4.04. The fourth-order valence-electron chi connectivity index (χ4n) is 3.26. The number of carbonyl (C=O) groups is 1. The summed E-state index contributed by atoms with van der Waals surface area (Å²) in [5.41, 5.74) is 0.744. The van der Waals surface area contributed by atoms with E-state index >= 15 is 0 Å². The molecule has 1 aliphatic heterocycles. The summed E-state index contributed by atoms with van der Waals surface area (Å²) in [5.74, 6) is -0.831. The average molecular weight is 487 g/mol. The number of hydrogen-bond donors (Lipinski definition) is 3. The van der Waals surface area contributed by atoms with Crippen molar-refractivity contribution in [1.29, 1.82) is 0 Å². The predicted molar refractivity (Wildman–Crippen MR) is 123 cm³/mol. The molecule has 13 heteroatoms. The average Bonchev–Trinajstić information content (AvgIpc) is 3.27. The highest BCUT2D eigenvalue weighted by molar-refractivity contribution is 7.90. The van der Waals surface area contributed by atoms with Crippen molar-refractivity contribution in [2.45, 2.75) is 17.6 Å². The Hall–Kier alpha value is -3.68. The van der Waals surface area contributed by atoms with Gasteiger partial charge in [0.15, 0.2) is 27.1 Å². The molecule has 3 aromatic heterocycles. The number of hydrogen-bond acceptors (Lipinski definition) is 11. The monoisotopic (exact) mass is 486 g/mol. The maximum absolute atomic E-state index is 12.4. The number of aromatic nitrogens is 4. The van der Waals surface area contributed by atoms with Crippen molar-refractivity contribution in [3.05, 3.63) is 54.0 Å². The molecule has 178 valence electrons. The van der Waals surface area contributed by atoms with Crippen molar-refractivity contribution >= 4 is 38.9 Å². The summed E-state index contributed by atoms with van der Waals surface area (Å²) in [4.78, 5) is 20.8. The number of amides is 1. The summed E-state index contributed by atoms with van der Waals surface area (Å²) < 4.78 is 42.8. The topological polar surface area (TPSA) is 157 Å². The molecule has 0 unspecified atom stereocenters. The third-order valence-corrected chi connectivity index (χ3v) is 6.10. The van der Waals surface area contributed by atoms with Crippen LogP contribution in [-0.4, -0.2) is 61.0 Å². The molecule has 1 aliphatic rings. The van der Waals surface area contributed by atoms with Gasteiger partial charge in [0.05, 0.1) is 18.9 Å². The molecule has 1 saturated heterocycles. The second-order valence-electron chi connectivity index (χ2n) is 7.44. The molecule has 0 spiro atoms. The Morgan fingerprint density at radius 3 is 2.59 bits per heavy atom. The normalized spacial score (nSPS) is 15.4. The van der Waals surface area contributed by atoms with Crippen LogP contribution < -0.4 is 16.0 Å². The third-order valence-electron chi connectivity index (χ3n) is 4.98. The van der Waals surface area contributed by atoms with E-state index in [1.54, 1.807) is 18.3 Å². The van der Waals surface area contributed by atoms with Crippen LogP contribution in [0.5, 0.6) is 0 Å². The highest BCUT2D eigenvalue weighted by Gasteiger charge is 2.33. The summed E-state index contributed by atoms with van der Waals surface area (Å²) in [6.45, 7) is 2.81. The first-order valence-corrected chi connectivity index (χ1v) is 12.0. The molecule has 0 radical (unpaired) electrons. The van der Waals surface area contributed by atoms with Gasteiger partial charge in [-0.05, 0) is 31.2 Å². The van der Waals surface area contributed by atoms with E-state index in [-0.39, 0.29) is 34.9 Å². The number of ether oxygens (including phenoxy) is 2. The Labute approximate surface area is 197 Å². The van der Waals surface area contributed by atoms with Gasteiger partial charge >= 0.3 is 0 Å². The molecular formula is C21H23N7O5S. The van der Waals surface area contributed by atoms with Crippen LogP contribution in [0.2, 0.25) is 0 Å². The van der Waals surface area contributed by atoms with Gasteiger partial charge in [0.2, 0.25) is 0 Å². The van der Waals surface area contributed by atoms with Crippen molar-refractivity contribution in [2.75, 3.05) is 37.1 Å². The Morgan fingerprint density at radius 1 is 1.12 bits per heavy atom. The smallest absolute Gasteiger partial charge is 0.273 e. The SMILES string of the molecule is [2H]CNC(=O)c1nnc(Nc2ccc(C3(C)OCCO3)cn2)cc1Nc1ncccc1S(C)(=O)=O. The van der Waals surface area contributed by atoms with E-state index in [0.717, 1.165) is 11.8 Å². The molecule has 3 aromatic rings. The van der Waals surface area contributed by atoms with E-state index < -0.39 is 21.5 Å². The van der Waals surface area contributed by atoms with Crippen LogP contribution in [0.3, 0.4) is 0 Å². The second kappa shape index (κ2) is 9.29. The largest absolute Gasteiger partial charge is 0.354 e. The minimum atomic E-state index is -3.61. The molecule has 0 atom stereocenters. The quantitative estimate of drug-likeness (QED) is 0.447. The maximum Gasteiger partial charge on any atom is 0.273 e. The second-order valence-corrected chi connectivity index (χ2v) is 9.43. The molecule has 12 nitrogen and oxygen atoms in total. The Bertz CT molecular complexity index is 1330. The van der Waals surface area contributed by atoms with Crippen LogP contribution in [0.15, 0.2) is 47.6 Å². The summed E-state index contributed by atoms with van der Waals surface area (Å²) in [6, 6.07) is 7.86. The van der Waals surface area contributed by atoms with Gasteiger partial charge in [-0.2, -0.15) is 0 Å². The van der Waals surface area contributed by atoms with Crippen LogP contribution in [0.4, 0.5) is 23.1 Å². The lowest BCUT2D eigenvalue weighted by Gasteiger charge is -2.22. The Kier molecular flexibility index (Phi) is 6.04. The number of nitrogens with zero attached hydrogens (tertiary/aromatic N) is 4. The summed E-state index contributed by atoms with van der Waals surface area (Å²) in [5, 5.41) is 16.1. The zero-order valence-corrected chi connectivity index (χ0v) is 19.2. The van der Waals surface area contributed by atoms with Crippen molar-refractivity contribution < 1.29 is 24.1 Å². The summed E-state index contributed by atoms with van der Waals surface area (Å²) >= 11 is 0. The van der Waals surface area contributed by atoms with Crippen LogP contribution in [0, 0.1) is 0 Å². The van der Waals surface area contributed by atoms with E-state index in [2.05, 4.69) is 36.1 Å². The zero-order valence-electron chi connectivity index (χ0n) is 19.4. The minimum absolute atomic E-state index is 0.0150. The first-order valence-electron chi connectivity index (χ1n) is 10.8. The molecule has 34 heavy (non-hydrogen) atoms. The van der Waals surface area contributed by atoms with Crippen molar-refractivity contribution in [3.63, 3.8) is 0 Å². The summed E-state index contributed by atoms with van der Waals surface area (Å²) in [6.07, 6.45) is 4.08. The number of pyridine rings is 2. The van der Waals surface area contributed by atoms with Crippen molar-refractivity contribution in [3.8, 4) is 0 Å². The standard InChI is InChI=1S/C21H23N7O5S/c1-21(32-9-10-33-21)13-6-7-16(24-12-13)26-17-11-14(18(28-27-17)20(29)22-2)25-19-15(34(3,30)31)5-4-8-23-19/h4-8,11-12H,9-10H2,1-3H3,(H,22,29)(H2,23,24,25,26,27)/i2D. The Balaban J connectivity index is 1.64. The summed E-state index contributed by atoms with van der Waals surface area (Å²) in [7, 11) is -3.98. The van der Waals surface area contributed by atoms with Gasteiger partial charge < -0.3 is 25.4 Å². The van der Waals surface area contributed by atoms with Gasteiger partial charge in [-0.15, -0.1) is 10.2 Å². The molecule has 0 saturated carbocycles. The van der Waals surface area contributed by atoms with Crippen molar-refractivity contribution in [1.82, 2.24) is 25.5 Å². The highest BCUT2D eigenvalue weighted by atomic mass is 32.2. The molecule has 1 fully saturated rings. The highest BCUT2D eigenvalue weighted by Crippen LogP contribution is 2.31. The molecule has 0 bridgehead atoms. The van der Waals surface area contributed by atoms with E-state index in [4.69, 9.17) is 10.8 Å². The molecule has 0 aliphatic carbocycles. The fraction of sp³-hybridized carbons (Fsp3) is 0.286. The van der Waals surface area contributed by atoms with Gasteiger partial charge in [0.25, 0.3) is 5.91 Å². The molecule has 3 N–H and O–H groups in total. The van der Waals surface area contributed by atoms with E-state index in [1.165, 1.54) is 24.4 Å². The lowest BCUT2D eigenvalue weighted by molar-refractivity contribution is -0.149. The Morgan fingerprint density at radius 2 is 1.91 bits per heavy atom. The number of sulfone groups is 1. The molecule has 0 aromatic carbocycles. The van der Waals surface area contributed by atoms with E-state index in [0.29, 0.717) is 19.0 Å². The van der Waals surface area contributed by atoms with Gasteiger partial charge in [-0.3, -0.25) is 4.79 Å². The minimum Gasteiger partial charge on any atom is -0.354 e. The van der Waals surface area contributed by atoms with E-state index in [1.807, 2.05) is 6.92 Å². The number of nitrogens with one attached hydrogen (secondary N) is 3. The maximum atomic E-state index is 12.4. The molecular weight excluding hydrogens is 462 g/mol. The first-order chi connectivity index (χ1) is 16.7. The van der Waals surface area contributed by atoms with E-state index in [9.17, 15) is 13.2 Å². The van der Waals surface area contributed by atoms with Gasteiger partial charge in [-0.25, -0.2) is 18.4 Å². The number of rotatable bonds is 7. The number of carbonyl (C=O) groups excluding carboxylic acids is 1. The lowest BCUT2D eigenvalue weighted by Crippen LogP contribution is -2.22. The predicted octanol–water partition coefficient (Wildman–Crippen LogP) is 1.74. The number of anilines is 4. The van der Waals surface area contributed by atoms with Crippen LogP contribution in [-0.2, 0) is 25.1 Å². The van der Waals surface area contributed by atoms with Crippen LogP contribution >= 0.6 is 0 Å². The third kappa shape index (κ3) is 4.95. The van der Waals surface area contributed by atoms with Gasteiger partial charge in [-0.1, -0.05) is 0 Å². The first kappa shape index (κ1) is 22.1. The lowest BCUT2D eigenvalue weighted by atomic mass is 10.1. The molecule has 1 amide bonds. The molecule has 4 rings (SSSR count). The van der Waals surface area contributed by atoms with Crippen LogP contribution in [0.25, 0.3) is 0 Å².